The van der Waals surface area contributed by atoms with Gasteiger partial charge >= 0.3 is 0 Å². The van der Waals surface area contributed by atoms with Gasteiger partial charge in [-0.1, -0.05) is 26.8 Å². The Morgan fingerprint density at radius 1 is 1.17 bits per heavy atom. The molecule has 0 unspecified atom stereocenters. The molecule has 0 aliphatic carbocycles. The van der Waals surface area contributed by atoms with Crippen molar-refractivity contribution in [3.63, 3.8) is 0 Å². The molecule has 0 aromatic heterocycles. The quantitative estimate of drug-likeness (QED) is 0.550. The highest BCUT2D eigenvalue weighted by atomic mass is 32.2. The highest BCUT2D eigenvalue weighted by molar-refractivity contribution is 7.89. The summed E-state index contributed by atoms with van der Waals surface area (Å²) in [5, 5.41) is 0.0372. The van der Waals surface area contributed by atoms with E-state index >= 15 is 0 Å². The van der Waals surface area contributed by atoms with Crippen molar-refractivity contribution in [2.75, 3.05) is 13.2 Å². The van der Waals surface area contributed by atoms with Gasteiger partial charge in [0.05, 0.1) is 4.90 Å². The van der Waals surface area contributed by atoms with Gasteiger partial charge in [0.15, 0.2) is 8.32 Å². The lowest BCUT2D eigenvalue weighted by Gasteiger charge is -2.36. The van der Waals surface area contributed by atoms with Crippen molar-refractivity contribution in [1.29, 1.82) is 0 Å². The summed E-state index contributed by atoms with van der Waals surface area (Å²) < 4.78 is 58.7. The molecule has 24 heavy (non-hydrogen) atoms. The Bertz CT molecular complexity index is 658. The minimum Gasteiger partial charge on any atom is -0.415 e. The number of halogens is 2. The summed E-state index contributed by atoms with van der Waals surface area (Å²) in [5.41, 5.74) is 0.214. The predicted molar refractivity (Wildman–Crippen MR) is 94.4 cm³/mol. The maximum absolute atomic E-state index is 13.1. The zero-order chi connectivity index (χ0) is 18.6. The van der Waals surface area contributed by atoms with E-state index in [0.29, 0.717) is 0 Å². The molecule has 4 nitrogen and oxygen atoms in total. The second-order valence-corrected chi connectivity index (χ2v) is 13.8. The number of hydrogen-bond donors (Lipinski definition) is 1. The van der Waals surface area contributed by atoms with Gasteiger partial charge in [0, 0.05) is 18.7 Å². The molecular weight excluding hydrogens is 352 g/mol. The van der Waals surface area contributed by atoms with Gasteiger partial charge in [0.2, 0.25) is 10.0 Å². The fourth-order valence-electron chi connectivity index (χ4n) is 1.86. The maximum atomic E-state index is 13.1. The van der Waals surface area contributed by atoms with Crippen LogP contribution in [0.3, 0.4) is 0 Å². The molecule has 0 heterocycles. The second-order valence-electron chi connectivity index (χ2n) is 7.22. The van der Waals surface area contributed by atoms with Crippen LogP contribution in [-0.4, -0.2) is 29.9 Å². The normalized spacial score (nSPS) is 13.3. The van der Waals surface area contributed by atoms with E-state index in [9.17, 15) is 17.2 Å². The smallest absolute Gasteiger partial charge is 0.241 e. The van der Waals surface area contributed by atoms with Gasteiger partial charge in [-0.05, 0) is 35.8 Å². The molecular formula is C16H27F2NO3SSi. The van der Waals surface area contributed by atoms with E-state index < -0.39 is 31.7 Å². The molecule has 0 atom stereocenters. The van der Waals surface area contributed by atoms with Crippen molar-refractivity contribution in [2.45, 2.75) is 57.1 Å². The molecule has 0 radical (unpaired) electrons. The molecule has 0 aliphatic rings. The molecule has 8 heteroatoms. The second kappa shape index (κ2) is 8.03. The van der Waals surface area contributed by atoms with Crippen molar-refractivity contribution >= 4 is 18.3 Å². The highest BCUT2D eigenvalue weighted by Crippen LogP contribution is 2.36. The van der Waals surface area contributed by atoms with Crippen LogP contribution in [0.25, 0.3) is 0 Å². The first-order valence-electron chi connectivity index (χ1n) is 7.82. The van der Waals surface area contributed by atoms with Crippen LogP contribution < -0.4 is 4.72 Å². The van der Waals surface area contributed by atoms with Gasteiger partial charge in [-0.3, -0.25) is 0 Å². The molecule has 1 aromatic rings. The van der Waals surface area contributed by atoms with E-state index in [1.807, 2.05) is 0 Å². The van der Waals surface area contributed by atoms with E-state index in [1.165, 1.54) is 18.2 Å². The van der Waals surface area contributed by atoms with Crippen LogP contribution in [0.5, 0.6) is 0 Å². The van der Waals surface area contributed by atoms with Gasteiger partial charge in [0.25, 0.3) is 0 Å². The van der Waals surface area contributed by atoms with Crippen molar-refractivity contribution in [1.82, 2.24) is 4.72 Å². The fourth-order valence-corrected chi connectivity index (χ4v) is 4.12. The van der Waals surface area contributed by atoms with Crippen molar-refractivity contribution < 1.29 is 21.6 Å². The Hall–Kier alpha value is -0.833. The average molecular weight is 380 g/mol. The first-order chi connectivity index (χ1) is 10.9. The number of nitrogens with one attached hydrogen (secondary N) is 1. The molecule has 0 saturated heterocycles. The Balaban J connectivity index is 2.75. The summed E-state index contributed by atoms with van der Waals surface area (Å²) in [7, 11) is -5.81. The lowest BCUT2D eigenvalue weighted by molar-refractivity contribution is 0.293. The minimum absolute atomic E-state index is 0.0372. The van der Waals surface area contributed by atoms with Crippen molar-refractivity contribution in [3.05, 3.63) is 29.3 Å². The topological polar surface area (TPSA) is 55.4 Å². The average Bonchev–Trinajstić information content (AvgIpc) is 2.49. The molecule has 0 bridgehead atoms. The van der Waals surface area contributed by atoms with Crippen molar-refractivity contribution in [3.8, 4) is 0 Å². The number of alkyl halides is 2. The van der Waals surface area contributed by atoms with Crippen LogP contribution >= 0.6 is 0 Å². The molecule has 138 valence electrons. The van der Waals surface area contributed by atoms with Crippen molar-refractivity contribution in [2.24, 2.45) is 0 Å². The van der Waals surface area contributed by atoms with Crippen LogP contribution in [0, 0.1) is 0 Å². The minimum atomic E-state index is -3.86. The van der Waals surface area contributed by atoms with Crippen LogP contribution in [0.2, 0.25) is 18.1 Å². The summed E-state index contributed by atoms with van der Waals surface area (Å²) in [4.78, 5) is -0.158. The zero-order valence-corrected chi connectivity index (χ0v) is 16.8. The lowest BCUT2D eigenvalue weighted by atomic mass is 10.1. The van der Waals surface area contributed by atoms with Gasteiger partial charge < -0.3 is 4.43 Å². The molecule has 0 aliphatic heterocycles. The van der Waals surface area contributed by atoms with E-state index in [1.54, 1.807) is 0 Å². The van der Waals surface area contributed by atoms with E-state index in [0.717, 1.165) is 0 Å². The van der Waals surface area contributed by atoms with Crippen LogP contribution in [0.1, 0.15) is 31.9 Å². The SMILES string of the molecule is CC(C)(C)[Si](C)(C)OCCNS(=O)(=O)c1ccc(CF)cc1CF. The van der Waals surface area contributed by atoms with Crippen LogP contribution in [0.15, 0.2) is 23.1 Å². The summed E-state index contributed by atoms with van der Waals surface area (Å²) in [6.07, 6.45) is 0. The third kappa shape index (κ3) is 5.34. The molecule has 0 amide bonds. The monoisotopic (exact) mass is 379 g/mol. The van der Waals surface area contributed by atoms with E-state index in [2.05, 4.69) is 38.6 Å². The first kappa shape index (κ1) is 21.2. The predicted octanol–water partition coefficient (Wildman–Crippen LogP) is 3.93. The molecule has 0 fully saturated rings. The summed E-state index contributed by atoms with van der Waals surface area (Å²) in [6.45, 7) is 9.09. The van der Waals surface area contributed by atoms with E-state index in [-0.39, 0.29) is 34.2 Å². The number of hydrogen-bond acceptors (Lipinski definition) is 3. The third-order valence-corrected chi connectivity index (χ3v) is 10.5. The number of sulfonamides is 1. The van der Waals surface area contributed by atoms with Gasteiger partial charge in [-0.15, -0.1) is 0 Å². The molecule has 0 saturated carbocycles. The van der Waals surface area contributed by atoms with Crippen LogP contribution in [0.4, 0.5) is 8.78 Å². The zero-order valence-electron chi connectivity index (χ0n) is 14.9. The maximum Gasteiger partial charge on any atom is 0.241 e. The Morgan fingerprint density at radius 2 is 1.79 bits per heavy atom. The van der Waals surface area contributed by atoms with Crippen LogP contribution in [-0.2, 0) is 27.8 Å². The number of rotatable bonds is 8. The van der Waals surface area contributed by atoms with Gasteiger partial charge in [-0.25, -0.2) is 21.9 Å². The Morgan fingerprint density at radius 3 is 2.29 bits per heavy atom. The lowest BCUT2D eigenvalue weighted by Crippen LogP contribution is -2.42. The van der Waals surface area contributed by atoms with Gasteiger partial charge in [0.1, 0.15) is 13.3 Å². The molecule has 0 spiro atoms. The first-order valence-corrected chi connectivity index (χ1v) is 12.2. The summed E-state index contributed by atoms with van der Waals surface area (Å²) >= 11 is 0. The summed E-state index contributed by atoms with van der Waals surface area (Å²) in [5.74, 6) is 0. The fraction of sp³-hybridized carbons (Fsp3) is 0.625. The Kier molecular flexibility index (Phi) is 7.10. The molecule has 1 rings (SSSR count). The van der Waals surface area contributed by atoms with Gasteiger partial charge in [-0.2, -0.15) is 0 Å². The standard InChI is InChI=1S/C16H27F2NO3SSi/c1-16(2,3)24(4,5)22-9-8-19-23(20,21)15-7-6-13(11-17)10-14(15)12-18/h6-7,10,19H,8-9,11-12H2,1-5H3. The molecule has 1 N–H and O–H groups in total. The van der Waals surface area contributed by atoms with E-state index in [4.69, 9.17) is 4.43 Å². The Labute approximate surface area is 144 Å². The molecule has 1 aromatic carbocycles. The summed E-state index contributed by atoms with van der Waals surface area (Å²) in [6, 6.07) is 3.82. The largest absolute Gasteiger partial charge is 0.415 e. The third-order valence-electron chi connectivity index (χ3n) is 4.38. The highest BCUT2D eigenvalue weighted by Gasteiger charge is 2.36. The number of benzene rings is 1.